The molecule has 0 unspecified atom stereocenters. The summed E-state index contributed by atoms with van der Waals surface area (Å²) in [5, 5.41) is 39.2. The van der Waals surface area contributed by atoms with Crippen LogP contribution in [0.4, 0.5) is 0 Å². The fraction of sp³-hybridized carbons (Fsp3) is 0.200. The Morgan fingerprint density at radius 3 is 1.48 bits per heavy atom. The predicted octanol–water partition coefficient (Wildman–Crippen LogP) is 4.36. The van der Waals surface area contributed by atoms with E-state index in [1.807, 2.05) is 6.92 Å². The number of hydrogen-bond acceptors (Lipinski definition) is 4. The average molecular weight is 329 g/mol. The van der Waals surface area contributed by atoms with Gasteiger partial charge >= 0.3 is 0 Å². The van der Waals surface area contributed by atoms with E-state index in [2.05, 4.69) is 0 Å². The molecule has 0 fully saturated rings. The molecule has 0 aromatic heterocycles. The Morgan fingerprint density at radius 1 is 0.762 bits per heavy atom. The van der Waals surface area contributed by atoms with Crippen LogP contribution in [0.5, 0.6) is 23.0 Å². The quantitative estimate of drug-likeness (QED) is 0.674. The summed E-state index contributed by atoms with van der Waals surface area (Å²) in [6.45, 7) is 1.87. The average Bonchev–Trinajstić information content (AvgIpc) is 2.42. The summed E-state index contributed by atoms with van der Waals surface area (Å²) < 4.78 is 0. The monoisotopic (exact) mass is 328 g/mol. The van der Waals surface area contributed by atoms with Crippen molar-refractivity contribution < 1.29 is 20.4 Å². The standard InChI is InChI=1S/C15H14Cl2O4/c1-2-7(8-3-10(16)14(20)5-12(8)18)9-4-11(17)15(21)6-13(9)19/h3-7,18-21H,2H2,1H3. The van der Waals surface area contributed by atoms with Crippen LogP contribution in [0.2, 0.25) is 10.0 Å². The van der Waals surface area contributed by atoms with E-state index in [1.54, 1.807) is 0 Å². The van der Waals surface area contributed by atoms with Gasteiger partial charge in [-0.1, -0.05) is 30.1 Å². The fourth-order valence-electron chi connectivity index (χ4n) is 2.30. The third kappa shape index (κ3) is 2.96. The summed E-state index contributed by atoms with van der Waals surface area (Å²) in [6, 6.07) is 5.19. The van der Waals surface area contributed by atoms with Crippen LogP contribution in [0, 0.1) is 0 Å². The van der Waals surface area contributed by atoms with Crippen molar-refractivity contribution in [1.29, 1.82) is 0 Å². The maximum Gasteiger partial charge on any atom is 0.137 e. The highest BCUT2D eigenvalue weighted by Gasteiger charge is 2.22. The first kappa shape index (κ1) is 15.6. The molecule has 0 amide bonds. The van der Waals surface area contributed by atoms with Crippen molar-refractivity contribution in [2.45, 2.75) is 19.3 Å². The lowest BCUT2D eigenvalue weighted by molar-refractivity contribution is 0.436. The molecule has 6 heteroatoms. The van der Waals surface area contributed by atoms with Crippen LogP contribution in [0.3, 0.4) is 0 Å². The summed E-state index contributed by atoms with van der Waals surface area (Å²) >= 11 is 11.8. The number of halogens is 2. The largest absolute Gasteiger partial charge is 0.508 e. The molecular weight excluding hydrogens is 315 g/mol. The fourth-order valence-corrected chi connectivity index (χ4v) is 2.64. The zero-order valence-electron chi connectivity index (χ0n) is 11.1. The van der Waals surface area contributed by atoms with Crippen LogP contribution >= 0.6 is 23.2 Å². The molecule has 0 heterocycles. The Balaban J connectivity index is 2.60. The Bertz CT molecular complexity index is 628. The predicted molar refractivity (Wildman–Crippen MR) is 81.7 cm³/mol. The van der Waals surface area contributed by atoms with E-state index in [0.29, 0.717) is 17.5 Å². The molecule has 0 spiro atoms. The van der Waals surface area contributed by atoms with Gasteiger partial charge in [-0.2, -0.15) is 0 Å². The van der Waals surface area contributed by atoms with Crippen LogP contribution < -0.4 is 0 Å². The number of aromatic hydroxyl groups is 4. The van der Waals surface area contributed by atoms with E-state index >= 15 is 0 Å². The van der Waals surface area contributed by atoms with Gasteiger partial charge in [-0.3, -0.25) is 0 Å². The van der Waals surface area contributed by atoms with Crippen molar-refractivity contribution in [2.24, 2.45) is 0 Å². The molecule has 0 radical (unpaired) electrons. The van der Waals surface area contributed by atoms with E-state index in [9.17, 15) is 20.4 Å². The summed E-state index contributed by atoms with van der Waals surface area (Å²) in [6.07, 6.45) is 0.545. The van der Waals surface area contributed by atoms with E-state index in [4.69, 9.17) is 23.2 Å². The van der Waals surface area contributed by atoms with Gasteiger partial charge in [-0.25, -0.2) is 0 Å². The molecule has 0 bridgehead atoms. The Morgan fingerprint density at radius 2 is 1.14 bits per heavy atom. The van der Waals surface area contributed by atoms with Crippen LogP contribution in [0.25, 0.3) is 0 Å². The van der Waals surface area contributed by atoms with E-state index < -0.39 is 0 Å². The minimum Gasteiger partial charge on any atom is -0.508 e. The Labute approximate surface area is 131 Å². The first-order chi connectivity index (χ1) is 9.85. The molecule has 0 saturated heterocycles. The van der Waals surface area contributed by atoms with Gasteiger partial charge in [0.15, 0.2) is 0 Å². The lowest BCUT2D eigenvalue weighted by atomic mass is 9.87. The topological polar surface area (TPSA) is 80.9 Å². The highest BCUT2D eigenvalue weighted by atomic mass is 35.5. The zero-order valence-corrected chi connectivity index (χ0v) is 12.7. The van der Waals surface area contributed by atoms with Crippen LogP contribution in [0.15, 0.2) is 24.3 Å². The maximum absolute atomic E-state index is 10.0. The normalized spacial score (nSPS) is 11.0. The highest BCUT2D eigenvalue weighted by Crippen LogP contribution is 2.43. The lowest BCUT2D eigenvalue weighted by Gasteiger charge is -2.19. The van der Waals surface area contributed by atoms with Gasteiger partial charge in [0.05, 0.1) is 10.0 Å². The van der Waals surface area contributed by atoms with Crippen LogP contribution in [-0.2, 0) is 0 Å². The zero-order chi connectivity index (χ0) is 15.7. The highest BCUT2D eigenvalue weighted by molar-refractivity contribution is 6.32. The van der Waals surface area contributed by atoms with Gasteiger partial charge < -0.3 is 20.4 Å². The second-order valence-corrected chi connectivity index (χ2v) is 5.50. The molecule has 0 atom stereocenters. The SMILES string of the molecule is CCC(c1cc(Cl)c(O)cc1O)c1cc(Cl)c(O)cc1O. The van der Waals surface area contributed by atoms with Gasteiger partial charge in [0.25, 0.3) is 0 Å². The van der Waals surface area contributed by atoms with Gasteiger partial charge in [-0.05, 0) is 18.6 Å². The molecular formula is C15H14Cl2O4. The summed E-state index contributed by atoms with van der Waals surface area (Å²) in [4.78, 5) is 0. The van der Waals surface area contributed by atoms with Crippen molar-refractivity contribution in [3.63, 3.8) is 0 Å². The molecule has 0 aliphatic heterocycles. The van der Waals surface area contributed by atoms with Crippen molar-refractivity contribution >= 4 is 23.2 Å². The number of rotatable bonds is 3. The van der Waals surface area contributed by atoms with Gasteiger partial charge in [0.2, 0.25) is 0 Å². The maximum atomic E-state index is 10.0. The molecule has 112 valence electrons. The molecule has 0 aliphatic rings. The summed E-state index contributed by atoms with van der Waals surface area (Å²) in [5.74, 6) is -1.10. The van der Waals surface area contributed by atoms with Crippen molar-refractivity contribution in [3.05, 3.63) is 45.4 Å². The number of hydrogen-bond donors (Lipinski definition) is 4. The minimum absolute atomic E-state index is 0.102. The molecule has 4 N–H and O–H groups in total. The van der Waals surface area contributed by atoms with Gasteiger partial charge in [0.1, 0.15) is 23.0 Å². The van der Waals surface area contributed by atoms with Crippen molar-refractivity contribution in [2.75, 3.05) is 0 Å². The third-order valence-electron chi connectivity index (χ3n) is 3.35. The second-order valence-electron chi connectivity index (χ2n) is 4.69. The molecule has 0 saturated carbocycles. The minimum atomic E-state index is -0.388. The van der Waals surface area contributed by atoms with E-state index in [0.717, 1.165) is 12.1 Å². The van der Waals surface area contributed by atoms with Crippen LogP contribution in [-0.4, -0.2) is 20.4 Å². The van der Waals surface area contributed by atoms with Crippen molar-refractivity contribution in [3.8, 4) is 23.0 Å². The first-order valence-corrected chi connectivity index (χ1v) is 7.03. The van der Waals surface area contributed by atoms with Crippen molar-refractivity contribution in [1.82, 2.24) is 0 Å². The number of phenols is 4. The molecule has 2 aromatic rings. The molecule has 2 aromatic carbocycles. The smallest absolute Gasteiger partial charge is 0.137 e. The second kappa shape index (κ2) is 5.92. The Hall–Kier alpha value is -1.78. The molecule has 4 nitrogen and oxygen atoms in total. The first-order valence-electron chi connectivity index (χ1n) is 6.27. The van der Waals surface area contributed by atoms with Gasteiger partial charge in [-0.15, -0.1) is 0 Å². The molecule has 21 heavy (non-hydrogen) atoms. The molecule has 0 aliphatic carbocycles. The Kier molecular flexibility index (Phi) is 4.40. The van der Waals surface area contributed by atoms with E-state index in [-0.39, 0.29) is 39.0 Å². The summed E-state index contributed by atoms with van der Waals surface area (Å²) in [5.41, 5.74) is 0.912. The molecule has 2 rings (SSSR count). The van der Waals surface area contributed by atoms with E-state index in [1.165, 1.54) is 12.1 Å². The number of benzene rings is 2. The van der Waals surface area contributed by atoms with Gasteiger partial charge in [0, 0.05) is 29.2 Å². The van der Waals surface area contributed by atoms with Crippen LogP contribution in [0.1, 0.15) is 30.4 Å². The summed E-state index contributed by atoms with van der Waals surface area (Å²) in [7, 11) is 0. The third-order valence-corrected chi connectivity index (χ3v) is 3.96. The lowest BCUT2D eigenvalue weighted by Crippen LogP contribution is -2.01. The number of phenolic OH excluding ortho intramolecular Hbond substituents is 4.